The van der Waals surface area contributed by atoms with Gasteiger partial charge in [0.15, 0.2) is 0 Å². The molecule has 1 heteroatoms. The second-order valence-corrected chi connectivity index (χ2v) is 6.81. The quantitative estimate of drug-likeness (QED) is 0.494. The van der Waals surface area contributed by atoms with Crippen LogP contribution in [0, 0.1) is 6.92 Å². The Balaban J connectivity index is 0.000000488. The number of hydrogen-bond donors (Lipinski definition) is 1. The van der Waals surface area contributed by atoms with Gasteiger partial charge in [-0.05, 0) is 55.9 Å². The van der Waals surface area contributed by atoms with E-state index in [1.807, 2.05) is 13.8 Å². The highest BCUT2D eigenvalue weighted by Crippen LogP contribution is 2.15. The highest BCUT2D eigenvalue weighted by molar-refractivity contribution is 5.45. The number of rotatable bonds is 8. The maximum atomic E-state index is 3.61. The molecule has 152 valence electrons. The summed E-state index contributed by atoms with van der Waals surface area (Å²) in [6.45, 7) is 15.0. The summed E-state index contributed by atoms with van der Waals surface area (Å²) in [5.74, 6) is 0. The minimum absolute atomic E-state index is 0.641. The molecule has 0 heterocycles. The summed E-state index contributed by atoms with van der Waals surface area (Å²) in [6.07, 6.45) is 7.32. The molecule has 1 nitrogen and oxygen atoms in total. The van der Waals surface area contributed by atoms with Crippen molar-refractivity contribution in [3.8, 4) is 0 Å². The van der Waals surface area contributed by atoms with Crippen LogP contribution in [0.25, 0.3) is 0 Å². The number of hydrogen-bond acceptors (Lipinski definition) is 1. The zero-order valence-electron chi connectivity index (χ0n) is 18.9. The molecule has 0 amide bonds. The molecule has 0 aromatic heterocycles. The van der Waals surface area contributed by atoms with Crippen molar-refractivity contribution in [2.45, 2.75) is 93.0 Å². The first kappa shape index (κ1) is 25.2. The van der Waals surface area contributed by atoms with Crippen LogP contribution in [0.4, 0.5) is 5.69 Å². The lowest BCUT2D eigenvalue weighted by Gasteiger charge is -2.18. The van der Waals surface area contributed by atoms with Gasteiger partial charge in [0.25, 0.3) is 0 Å². The summed E-state index contributed by atoms with van der Waals surface area (Å²) >= 11 is 0. The summed E-state index contributed by atoms with van der Waals surface area (Å²) in [5.41, 5.74) is 5.44. The molecule has 0 bridgehead atoms. The Morgan fingerprint density at radius 2 is 1.07 bits per heavy atom. The van der Waals surface area contributed by atoms with Crippen LogP contribution >= 0.6 is 0 Å². The van der Waals surface area contributed by atoms with E-state index in [0.717, 1.165) is 12.8 Å². The van der Waals surface area contributed by atoms with E-state index in [1.165, 1.54) is 48.1 Å². The van der Waals surface area contributed by atoms with E-state index in [-0.39, 0.29) is 0 Å². The van der Waals surface area contributed by atoms with Crippen LogP contribution in [-0.2, 0) is 12.8 Å². The molecular formula is C26H43N. The molecule has 0 fully saturated rings. The first-order chi connectivity index (χ1) is 13.1. The van der Waals surface area contributed by atoms with E-state index in [2.05, 4.69) is 88.5 Å². The molecule has 0 aliphatic carbocycles. The van der Waals surface area contributed by atoms with Crippen molar-refractivity contribution >= 4 is 5.69 Å². The third-order valence-electron chi connectivity index (χ3n) is 4.54. The van der Waals surface area contributed by atoms with Crippen molar-refractivity contribution in [3.63, 3.8) is 0 Å². The van der Waals surface area contributed by atoms with Gasteiger partial charge in [0.05, 0.1) is 0 Å². The Hall–Kier alpha value is -1.76. The molecule has 0 atom stereocenters. The lowest BCUT2D eigenvalue weighted by molar-refractivity contribution is 0.586. The van der Waals surface area contributed by atoms with Crippen molar-refractivity contribution in [2.75, 3.05) is 5.32 Å². The van der Waals surface area contributed by atoms with Crippen LogP contribution in [0.2, 0.25) is 0 Å². The highest BCUT2D eigenvalue weighted by atomic mass is 14.9. The number of benzene rings is 2. The van der Waals surface area contributed by atoms with Gasteiger partial charge in [-0.2, -0.15) is 0 Å². The van der Waals surface area contributed by atoms with Crippen LogP contribution in [0.15, 0.2) is 48.5 Å². The van der Waals surface area contributed by atoms with Crippen molar-refractivity contribution in [3.05, 3.63) is 65.2 Å². The molecule has 0 saturated carbocycles. The smallest absolute Gasteiger partial charge is 0.0342 e. The number of anilines is 1. The molecule has 2 aromatic rings. The summed E-state index contributed by atoms with van der Waals surface area (Å²) in [4.78, 5) is 0. The maximum Gasteiger partial charge on any atom is 0.0342 e. The van der Waals surface area contributed by atoms with Crippen molar-refractivity contribution < 1.29 is 0 Å². The minimum Gasteiger partial charge on any atom is -0.382 e. The molecule has 0 saturated heterocycles. The van der Waals surface area contributed by atoms with E-state index in [4.69, 9.17) is 0 Å². The number of aryl methyl sites for hydroxylation is 3. The van der Waals surface area contributed by atoms with Crippen molar-refractivity contribution in [2.24, 2.45) is 0 Å². The summed E-state index contributed by atoms with van der Waals surface area (Å²) in [7, 11) is 0. The van der Waals surface area contributed by atoms with Gasteiger partial charge >= 0.3 is 0 Å². The average molecular weight is 370 g/mol. The van der Waals surface area contributed by atoms with E-state index < -0.39 is 0 Å². The Morgan fingerprint density at radius 3 is 1.41 bits per heavy atom. The van der Waals surface area contributed by atoms with Gasteiger partial charge in [-0.25, -0.2) is 0 Å². The maximum absolute atomic E-state index is 3.61. The Bertz CT molecular complexity index is 525. The third-order valence-corrected chi connectivity index (χ3v) is 4.54. The standard InChI is InChI=1S/C14H23N.C10H14.C2H6/c1-4-6-13(7-5-2)15-14-10-8-12(3)9-11-14;1-3-9-5-7-10(4-2)8-6-9;1-2/h8-11,13,15H,4-7H2,1-3H3;5-8H,3-4H2,1-2H3;1-2H3. The highest BCUT2D eigenvalue weighted by Gasteiger charge is 2.05. The van der Waals surface area contributed by atoms with Crippen molar-refractivity contribution in [1.82, 2.24) is 0 Å². The fraction of sp³-hybridized carbons (Fsp3) is 0.538. The van der Waals surface area contributed by atoms with Crippen LogP contribution in [0.5, 0.6) is 0 Å². The Labute approximate surface area is 169 Å². The van der Waals surface area contributed by atoms with Gasteiger partial charge in [-0.15, -0.1) is 0 Å². The zero-order valence-corrected chi connectivity index (χ0v) is 18.9. The molecule has 0 spiro atoms. The predicted octanol–water partition coefficient (Wildman–Crippen LogP) is 8.21. The second-order valence-electron chi connectivity index (χ2n) is 6.81. The molecule has 27 heavy (non-hydrogen) atoms. The molecule has 2 rings (SSSR count). The second kappa shape index (κ2) is 16.4. The van der Waals surface area contributed by atoms with Crippen LogP contribution < -0.4 is 5.32 Å². The zero-order chi connectivity index (χ0) is 20.5. The Morgan fingerprint density at radius 1 is 0.667 bits per heavy atom. The molecule has 0 unspecified atom stereocenters. The van der Waals surface area contributed by atoms with Gasteiger partial charge in [0, 0.05) is 11.7 Å². The van der Waals surface area contributed by atoms with Gasteiger partial charge < -0.3 is 5.32 Å². The summed E-state index contributed by atoms with van der Waals surface area (Å²) in [5, 5.41) is 3.61. The van der Waals surface area contributed by atoms with E-state index >= 15 is 0 Å². The topological polar surface area (TPSA) is 12.0 Å². The first-order valence-corrected chi connectivity index (χ1v) is 11.0. The largest absolute Gasteiger partial charge is 0.382 e. The predicted molar refractivity (Wildman–Crippen MR) is 125 cm³/mol. The Kier molecular flexibility index (Phi) is 15.3. The summed E-state index contributed by atoms with van der Waals surface area (Å²) < 4.78 is 0. The van der Waals surface area contributed by atoms with Crippen LogP contribution in [0.3, 0.4) is 0 Å². The normalized spacial score (nSPS) is 9.78. The van der Waals surface area contributed by atoms with Gasteiger partial charge in [-0.3, -0.25) is 0 Å². The molecule has 0 aliphatic heterocycles. The van der Waals surface area contributed by atoms with E-state index in [1.54, 1.807) is 0 Å². The molecule has 0 radical (unpaired) electrons. The molecule has 1 N–H and O–H groups in total. The fourth-order valence-corrected chi connectivity index (χ4v) is 2.88. The monoisotopic (exact) mass is 369 g/mol. The average Bonchev–Trinajstić information content (AvgIpc) is 2.72. The van der Waals surface area contributed by atoms with Crippen molar-refractivity contribution in [1.29, 1.82) is 0 Å². The first-order valence-electron chi connectivity index (χ1n) is 11.0. The fourth-order valence-electron chi connectivity index (χ4n) is 2.88. The number of nitrogens with one attached hydrogen (secondary N) is 1. The van der Waals surface area contributed by atoms with Gasteiger partial charge in [0.2, 0.25) is 0 Å². The third kappa shape index (κ3) is 11.5. The van der Waals surface area contributed by atoms with Gasteiger partial charge in [-0.1, -0.05) is 96.3 Å². The van der Waals surface area contributed by atoms with Gasteiger partial charge in [0.1, 0.15) is 0 Å². The SMILES string of the molecule is CC.CCCC(CCC)Nc1ccc(C)cc1.CCc1ccc(CC)cc1. The van der Waals surface area contributed by atoms with E-state index in [9.17, 15) is 0 Å². The lowest BCUT2D eigenvalue weighted by atomic mass is 10.1. The summed E-state index contributed by atoms with van der Waals surface area (Å²) in [6, 6.07) is 18.1. The van der Waals surface area contributed by atoms with Crippen LogP contribution in [0.1, 0.15) is 83.9 Å². The van der Waals surface area contributed by atoms with E-state index in [0.29, 0.717) is 6.04 Å². The minimum atomic E-state index is 0.641. The molecular weight excluding hydrogens is 326 g/mol. The molecule has 2 aromatic carbocycles. The molecule has 0 aliphatic rings. The lowest BCUT2D eigenvalue weighted by Crippen LogP contribution is -2.18. The van der Waals surface area contributed by atoms with Crippen LogP contribution in [-0.4, -0.2) is 6.04 Å².